The molecule has 0 radical (unpaired) electrons. The third kappa shape index (κ3) is 4.79. The van der Waals surface area contributed by atoms with Crippen molar-refractivity contribution in [1.29, 1.82) is 0 Å². The lowest BCUT2D eigenvalue weighted by Crippen LogP contribution is -2.11. The fourth-order valence-corrected chi connectivity index (χ4v) is 4.01. The largest absolute Gasteiger partial charge is 0.312 e. The van der Waals surface area contributed by atoms with Gasteiger partial charge in [0.2, 0.25) is 0 Å². The molecule has 0 aliphatic heterocycles. The highest BCUT2D eigenvalue weighted by molar-refractivity contribution is 8.13. The third-order valence-electron chi connectivity index (χ3n) is 4.26. The number of nitrogens with one attached hydrogen (secondary N) is 1. The van der Waals surface area contributed by atoms with Crippen LogP contribution in [0.15, 0.2) is 29.4 Å². The van der Waals surface area contributed by atoms with E-state index in [0.29, 0.717) is 5.92 Å². The van der Waals surface area contributed by atoms with Crippen LogP contribution in [0.3, 0.4) is 0 Å². The Bertz CT molecular complexity index is 722. The van der Waals surface area contributed by atoms with E-state index in [0.717, 1.165) is 45.9 Å². The van der Waals surface area contributed by atoms with Gasteiger partial charge in [-0.3, -0.25) is 0 Å². The van der Waals surface area contributed by atoms with Crippen LogP contribution >= 0.6 is 23.4 Å². The van der Waals surface area contributed by atoms with Crippen molar-refractivity contribution < 1.29 is 0 Å². The van der Waals surface area contributed by atoms with E-state index in [-0.39, 0.29) is 0 Å². The van der Waals surface area contributed by atoms with Crippen molar-refractivity contribution in [2.24, 2.45) is 11.0 Å². The molecule has 1 N–H and O–H groups in total. The van der Waals surface area contributed by atoms with Gasteiger partial charge in [-0.1, -0.05) is 32.4 Å². The maximum Gasteiger partial charge on any atom is 0.110 e. The van der Waals surface area contributed by atoms with E-state index < -0.39 is 0 Å². The van der Waals surface area contributed by atoms with Gasteiger partial charge in [0.05, 0.1) is 10.7 Å². The monoisotopic (exact) mass is 378 g/mol. The molecule has 0 aliphatic rings. The standard InChI is InChI=1S/C19H27ClN4S/c1-6-13(3)19(23-21-5)25-12-17-18(7-2)24(14(4)22-17)16-10-8-15(20)9-11-16/h8-11,13,21H,6-7,12H2,1-5H3/b23-19-. The molecule has 0 spiro atoms. The van der Waals surface area contributed by atoms with Gasteiger partial charge in [-0.15, -0.1) is 11.8 Å². The number of benzene rings is 1. The summed E-state index contributed by atoms with van der Waals surface area (Å²) < 4.78 is 2.23. The predicted molar refractivity (Wildman–Crippen MR) is 110 cm³/mol. The summed E-state index contributed by atoms with van der Waals surface area (Å²) in [5.41, 5.74) is 6.41. The van der Waals surface area contributed by atoms with Crippen molar-refractivity contribution in [3.8, 4) is 5.69 Å². The molecule has 1 atom stereocenters. The van der Waals surface area contributed by atoms with Crippen LogP contribution in [0, 0.1) is 12.8 Å². The summed E-state index contributed by atoms with van der Waals surface area (Å²) in [6.45, 7) is 8.63. The average molecular weight is 379 g/mol. The number of hydrogen-bond acceptors (Lipinski definition) is 4. The van der Waals surface area contributed by atoms with Gasteiger partial charge in [-0.05, 0) is 44.0 Å². The van der Waals surface area contributed by atoms with Crippen molar-refractivity contribution in [2.45, 2.75) is 46.3 Å². The highest BCUT2D eigenvalue weighted by atomic mass is 35.5. The fourth-order valence-electron chi connectivity index (χ4n) is 2.76. The molecule has 136 valence electrons. The molecular formula is C19H27ClN4S. The van der Waals surface area contributed by atoms with Crippen LogP contribution in [-0.2, 0) is 12.2 Å². The van der Waals surface area contributed by atoms with Crippen LogP contribution in [0.25, 0.3) is 5.69 Å². The van der Waals surface area contributed by atoms with Crippen LogP contribution in [0.5, 0.6) is 0 Å². The lowest BCUT2D eigenvalue weighted by Gasteiger charge is -2.13. The van der Waals surface area contributed by atoms with Crippen LogP contribution in [0.2, 0.25) is 5.02 Å². The van der Waals surface area contributed by atoms with Gasteiger partial charge in [0.15, 0.2) is 0 Å². The highest BCUT2D eigenvalue weighted by Crippen LogP contribution is 2.26. The molecule has 1 unspecified atom stereocenters. The van der Waals surface area contributed by atoms with Gasteiger partial charge >= 0.3 is 0 Å². The van der Waals surface area contributed by atoms with Crippen LogP contribution in [0.4, 0.5) is 0 Å². The zero-order chi connectivity index (χ0) is 18.4. The summed E-state index contributed by atoms with van der Waals surface area (Å²) in [5, 5.41) is 6.32. The number of imidazole rings is 1. The topological polar surface area (TPSA) is 42.2 Å². The molecule has 6 heteroatoms. The number of hydrogen-bond donors (Lipinski definition) is 1. The molecule has 0 saturated carbocycles. The third-order valence-corrected chi connectivity index (χ3v) is 5.71. The number of nitrogens with zero attached hydrogens (tertiary/aromatic N) is 3. The number of aryl methyl sites for hydroxylation is 1. The molecule has 0 saturated heterocycles. The van der Waals surface area contributed by atoms with Crippen LogP contribution in [0.1, 0.15) is 44.4 Å². The molecule has 0 fully saturated rings. The average Bonchev–Trinajstić information content (AvgIpc) is 2.94. The first kappa shape index (κ1) is 19.9. The Kier molecular flexibility index (Phi) is 7.38. The first-order valence-electron chi connectivity index (χ1n) is 8.71. The summed E-state index contributed by atoms with van der Waals surface area (Å²) in [4.78, 5) is 4.83. The Morgan fingerprint density at radius 1 is 1.32 bits per heavy atom. The van der Waals surface area contributed by atoms with Crippen LogP contribution < -0.4 is 5.43 Å². The number of aromatic nitrogens is 2. The van der Waals surface area contributed by atoms with Crippen molar-refractivity contribution in [1.82, 2.24) is 15.0 Å². The minimum atomic E-state index is 0.446. The number of halogens is 1. The molecule has 0 amide bonds. The Labute approximate surface area is 160 Å². The molecule has 1 aromatic carbocycles. The molecular weight excluding hydrogens is 352 g/mol. The normalized spacial score (nSPS) is 13.1. The molecule has 25 heavy (non-hydrogen) atoms. The van der Waals surface area contributed by atoms with E-state index in [1.807, 2.05) is 31.3 Å². The second-order valence-corrected chi connectivity index (χ2v) is 7.42. The summed E-state index contributed by atoms with van der Waals surface area (Å²) in [7, 11) is 1.85. The first-order valence-corrected chi connectivity index (χ1v) is 10.1. The predicted octanol–water partition coefficient (Wildman–Crippen LogP) is 5.21. The molecule has 2 aromatic rings. The van der Waals surface area contributed by atoms with E-state index in [4.69, 9.17) is 16.6 Å². The Balaban J connectivity index is 2.29. The van der Waals surface area contributed by atoms with Gasteiger partial charge in [0, 0.05) is 35.1 Å². The van der Waals surface area contributed by atoms with E-state index >= 15 is 0 Å². The van der Waals surface area contributed by atoms with Crippen LogP contribution in [-0.4, -0.2) is 21.6 Å². The Morgan fingerprint density at radius 2 is 2.00 bits per heavy atom. The molecule has 4 nitrogen and oxygen atoms in total. The molecule has 2 rings (SSSR count). The van der Waals surface area contributed by atoms with Crippen molar-refractivity contribution >= 4 is 28.4 Å². The van der Waals surface area contributed by atoms with Crippen molar-refractivity contribution in [3.63, 3.8) is 0 Å². The summed E-state index contributed by atoms with van der Waals surface area (Å²) in [6.07, 6.45) is 2.01. The molecule has 1 aromatic heterocycles. The van der Waals surface area contributed by atoms with Gasteiger partial charge in [0.1, 0.15) is 5.82 Å². The summed E-state index contributed by atoms with van der Waals surface area (Å²) >= 11 is 7.80. The maximum absolute atomic E-state index is 6.03. The van der Waals surface area contributed by atoms with Gasteiger partial charge < -0.3 is 9.99 Å². The second kappa shape index (κ2) is 9.30. The first-order chi connectivity index (χ1) is 12.0. The van der Waals surface area contributed by atoms with E-state index in [1.54, 1.807) is 11.8 Å². The molecule has 1 heterocycles. The van der Waals surface area contributed by atoms with E-state index in [9.17, 15) is 0 Å². The lowest BCUT2D eigenvalue weighted by molar-refractivity contribution is 0.735. The number of hydrazone groups is 1. The Morgan fingerprint density at radius 3 is 2.56 bits per heavy atom. The van der Waals surface area contributed by atoms with E-state index in [1.165, 1.54) is 5.69 Å². The molecule has 0 aliphatic carbocycles. The minimum absolute atomic E-state index is 0.446. The summed E-state index contributed by atoms with van der Waals surface area (Å²) in [6, 6.07) is 7.93. The van der Waals surface area contributed by atoms with Gasteiger partial charge in [-0.25, -0.2) is 4.98 Å². The number of thioether (sulfide) groups is 1. The minimum Gasteiger partial charge on any atom is -0.312 e. The molecule has 0 bridgehead atoms. The second-order valence-electron chi connectivity index (χ2n) is 5.99. The highest BCUT2D eigenvalue weighted by Gasteiger charge is 2.17. The van der Waals surface area contributed by atoms with Crippen molar-refractivity contribution in [3.05, 3.63) is 46.5 Å². The van der Waals surface area contributed by atoms with E-state index in [2.05, 4.69) is 42.8 Å². The van der Waals surface area contributed by atoms with Crippen molar-refractivity contribution in [2.75, 3.05) is 7.05 Å². The fraction of sp³-hybridized carbons (Fsp3) is 0.474. The van der Waals surface area contributed by atoms with Gasteiger partial charge in [0.25, 0.3) is 0 Å². The van der Waals surface area contributed by atoms with Gasteiger partial charge in [-0.2, -0.15) is 5.10 Å². The zero-order valence-corrected chi connectivity index (χ0v) is 17.2. The maximum atomic E-state index is 6.03. The SMILES string of the molecule is CCc1c(CS/C(=N\NC)C(C)CC)nc(C)n1-c1ccc(Cl)cc1. The summed E-state index contributed by atoms with van der Waals surface area (Å²) in [5.74, 6) is 2.28. The Hall–Kier alpha value is -1.46. The lowest BCUT2D eigenvalue weighted by atomic mass is 10.1. The quantitative estimate of drug-likeness (QED) is 0.408. The smallest absolute Gasteiger partial charge is 0.110 e. The zero-order valence-electron chi connectivity index (χ0n) is 15.6. The number of rotatable bonds is 7.